The van der Waals surface area contributed by atoms with Crippen molar-refractivity contribution >= 4 is 5.91 Å². The summed E-state index contributed by atoms with van der Waals surface area (Å²) < 4.78 is 5.87. The number of carbonyl (C=O) groups excluding carboxylic acids is 1. The summed E-state index contributed by atoms with van der Waals surface area (Å²) in [6.07, 6.45) is 1.79. The summed E-state index contributed by atoms with van der Waals surface area (Å²) in [4.78, 5) is 22.3. The molecule has 24 heavy (non-hydrogen) atoms. The van der Waals surface area contributed by atoms with Gasteiger partial charge in [0.2, 0.25) is 11.8 Å². The average Bonchev–Trinajstić information content (AvgIpc) is 3.06. The van der Waals surface area contributed by atoms with Crippen LogP contribution in [0.15, 0.2) is 40.9 Å². The second-order valence-corrected chi connectivity index (χ2v) is 6.32. The first kappa shape index (κ1) is 16.7. The van der Waals surface area contributed by atoms with Gasteiger partial charge in [0.1, 0.15) is 0 Å². The standard InChI is InChI=1S/C18H24N4O2/c1-20(2)18(23)14-22-10-8-21(9-11-22)13-17-19-12-16(24-17)15-6-4-3-5-7-15/h3-7,12H,8-11,13-14H2,1-2H3. The van der Waals surface area contributed by atoms with E-state index < -0.39 is 0 Å². The normalized spacial score (nSPS) is 16.2. The summed E-state index contributed by atoms with van der Waals surface area (Å²) in [6.45, 7) is 4.84. The van der Waals surface area contributed by atoms with Crippen LogP contribution in [-0.2, 0) is 11.3 Å². The zero-order valence-corrected chi connectivity index (χ0v) is 14.3. The monoisotopic (exact) mass is 328 g/mol. The number of rotatable bonds is 5. The Bertz CT molecular complexity index is 661. The van der Waals surface area contributed by atoms with E-state index in [0.29, 0.717) is 13.1 Å². The average molecular weight is 328 g/mol. The Labute approximate surface area is 142 Å². The lowest BCUT2D eigenvalue weighted by Crippen LogP contribution is -2.48. The molecule has 1 amide bonds. The van der Waals surface area contributed by atoms with Gasteiger partial charge in [-0.2, -0.15) is 0 Å². The van der Waals surface area contributed by atoms with Crippen LogP contribution in [0.5, 0.6) is 0 Å². The Morgan fingerprint density at radius 1 is 1.12 bits per heavy atom. The molecule has 0 spiro atoms. The van der Waals surface area contributed by atoms with E-state index in [-0.39, 0.29) is 5.91 Å². The van der Waals surface area contributed by atoms with Gasteiger partial charge in [-0.25, -0.2) is 4.98 Å². The van der Waals surface area contributed by atoms with Crippen LogP contribution in [0.3, 0.4) is 0 Å². The molecule has 0 N–H and O–H groups in total. The van der Waals surface area contributed by atoms with Crippen molar-refractivity contribution in [2.75, 3.05) is 46.8 Å². The third-order valence-corrected chi connectivity index (χ3v) is 4.29. The van der Waals surface area contributed by atoms with Gasteiger partial charge in [0.05, 0.1) is 19.3 Å². The van der Waals surface area contributed by atoms with E-state index in [9.17, 15) is 4.79 Å². The first-order valence-electron chi connectivity index (χ1n) is 8.27. The largest absolute Gasteiger partial charge is 0.439 e. The van der Waals surface area contributed by atoms with Crippen molar-refractivity contribution in [2.45, 2.75) is 6.54 Å². The van der Waals surface area contributed by atoms with Crippen LogP contribution in [0.1, 0.15) is 5.89 Å². The number of oxazole rings is 1. The van der Waals surface area contributed by atoms with Crippen molar-refractivity contribution in [2.24, 2.45) is 0 Å². The van der Waals surface area contributed by atoms with Crippen LogP contribution in [-0.4, -0.2) is 72.4 Å². The van der Waals surface area contributed by atoms with E-state index in [1.807, 2.05) is 30.3 Å². The molecular weight excluding hydrogens is 304 g/mol. The predicted octanol–water partition coefficient (Wildman–Crippen LogP) is 1.55. The van der Waals surface area contributed by atoms with Crippen molar-refractivity contribution in [3.8, 4) is 11.3 Å². The minimum atomic E-state index is 0.156. The highest BCUT2D eigenvalue weighted by atomic mass is 16.4. The van der Waals surface area contributed by atoms with E-state index in [4.69, 9.17) is 4.42 Å². The van der Waals surface area contributed by atoms with E-state index in [1.54, 1.807) is 25.2 Å². The molecule has 3 rings (SSSR count). The van der Waals surface area contributed by atoms with Gasteiger partial charge in [-0.3, -0.25) is 14.6 Å². The minimum absolute atomic E-state index is 0.156. The molecule has 0 radical (unpaired) electrons. The van der Waals surface area contributed by atoms with Gasteiger partial charge in [-0.15, -0.1) is 0 Å². The highest BCUT2D eigenvalue weighted by Crippen LogP contribution is 2.20. The molecule has 1 fully saturated rings. The molecule has 0 aliphatic carbocycles. The lowest BCUT2D eigenvalue weighted by Gasteiger charge is -2.33. The van der Waals surface area contributed by atoms with Gasteiger partial charge < -0.3 is 9.32 Å². The maximum absolute atomic E-state index is 11.8. The molecule has 128 valence electrons. The second kappa shape index (κ2) is 7.59. The summed E-state index contributed by atoms with van der Waals surface area (Å²) in [5, 5.41) is 0. The van der Waals surface area contributed by atoms with Crippen LogP contribution < -0.4 is 0 Å². The number of piperazine rings is 1. The fourth-order valence-electron chi connectivity index (χ4n) is 2.75. The molecule has 1 aromatic carbocycles. The number of aromatic nitrogens is 1. The lowest BCUT2D eigenvalue weighted by atomic mass is 10.2. The minimum Gasteiger partial charge on any atom is -0.439 e. The van der Waals surface area contributed by atoms with E-state index in [1.165, 1.54) is 0 Å². The molecule has 1 aliphatic rings. The molecule has 6 nitrogen and oxygen atoms in total. The van der Waals surface area contributed by atoms with Crippen LogP contribution >= 0.6 is 0 Å². The van der Waals surface area contributed by atoms with Gasteiger partial charge in [-0.1, -0.05) is 30.3 Å². The lowest BCUT2D eigenvalue weighted by molar-refractivity contribution is -0.130. The summed E-state index contributed by atoms with van der Waals surface area (Å²) in [7, 11) is 3.59. The van der Waals surface area contributed by atoms with Gasteiger partial charge in [0, 0.05) is 45.8 Å². The van der Waals surface area contributed by atoms with E-state index in [2.05, 4.69) is 14.8 Å². The fourth-order valence-corrected chi connectivity index (χ4v) is 2.75. The van der Waals surface area contributed by atoms with Gasteiger partial charge >= 0.3 is 0 Å². The van der Waals surface area contributed by atoms with Gasteiger partial charge in [0.15, 0.2) is 5.76 Å². The smallest absolute Gasteiger partial charge is 0.236 e. The molecule has 6 heteroatoms. The predicted molar refractivity (Wildman–Crippen MR) is 92.4 cm³/mol. The topological polar surface area (TPSA) is 52.8 Å². The molecule has 0 atom stereocenters. The summed E-state index contributed by atoms with van der Waals surface area (Å²) in [6, 6.07) is 10.0. The molecule has 2 heterocycles. The molecule has 0 bridgehead atoms. The molecule has 1 aromatic heterocycles. The number of benzene rings is 1. The Morgan fingerprint density at radius 3 is 2.46 bits per heavy atom. The number of nitrogens with zero attached hydrogens (tertiary/aromatic N) is 4. The van der Waals surface area contributed by atoms with Crippen LogP contribution in [0, 0.1) is 0 Å². The number of likely N-dealkylation sites (N-methyl/N-ethyl adjacent to an activating group) is 1. The summed E-state index contributed by atoms with van der Waals surface area (Å²) >= 11 is 0. The zero-order chi connectivity index (χ0) is 16.9. The molecule has 0 unspecified atom stereocenters. The van der Waals surface area contributed by atoms with Crippen LogP contribution in [0.4, 0.5) is 0 Å². The SMILES string of the molecule is CN(C)C(=O)CN1CCN(Cc2ncc(-c3ccccc3)o2)CC1. The molecule has 0 saturated carbocycles. The number of hydrogen-bond donors (Lipinski definition) is 0. The molecule has 1 aliphatic heterocycles. The maximum Gasteiger partial charge on any atom is 0.236 e. The molecule has 1 saturated heterocycles. The Hall–Kier alpha value is -2.18. The van der Waals surface area contributed by atoms with Crippen molar-refractivity contribution in [1.29, 1.82) is 0 Å². The van der Waals surface area contributed by atoms with Crippen LogP contribution in [0.2, 0.25) is 0 Å². The highest BCUT2D eigenvalue weighted by molar-refractivity contribution is 5.77. The summed E-state index contributed by atoms with van der Waals surface area (Å²) in [5.41, 5.74) is 1.04. The third kappa shape index (κ3) is 4.21. The number of amides is 1. The Kier molecular flexibility index (Phi) is 5.27. The van der Waals surface area contributed by atoms with Crippen molar-refractivity contribution < 1.29 is 9.21 Å². The Morgan fingerprint density at radius 2 is 1.79 bits per heavy atom. The maximum atomic E-state index is 11.8. The second-order valence-electron chi connectivity index (χ2n) is 6.32. The fraction of sp³-hybridized carbons (Fsp3) is 0.444. The van der Waals surface area contributed by atoms with E-state index in [0.717, 1.165) is 43.4 Å². The van der Waals surface area contributed by atoms with Crippen molar-refractivity contribution in [3.63, 3.8) is 0 Å². The number of carbonyl (C=O) groups is 1. The molecular formula is C18H24N4O2. The van der Waals surface area contributed by atoms with Crippen LogP contribution in [0.25, 0.3) is 11.3 Å². The quantitative estimate of drug-likeness (QED) is 0.833. The third-order valence-electron chi connectivity index (χ3n) is 4.29. The van der Waals surface area contributed by atoms with Gasteiger partial charge in [-0.05, 0) is 0 Å². The van der Waals surface area contributed by atoms with Gasteiger partial charge in [0.25, 0.3) is 0 Å². The summed E-state index contributed by atoms with van der Waals surface area (Å²) in [5.74, 6) is 1.70. The highest BCUT2D eigenvalue weighted by Gasteiger charge is 2.21. The number of hydrogen-bond acceptors (Lipinski definition) is 5. The first-order valence-corrected chi connectivity index (χ1v) is 8.27. The van der Waals surface area contributed by atoms with E-state index >= 15 is 0 Å². The van der Waals surface area contributed by atoms with Crippen molar-refractivity contribution in [1.82, 2.24) is 19.7 Å². The zero-order valence-electron chi connectivity index (χ0n) is 14.3. The molecule has 2 aromatic rings. The van der Waals surface area contributed by atoms with Crippen molar-refractivity contribution in [3.05, 3.63) is 42.4 Å². The first-order chi connectivity index (χ1) is 11.6. The Balaban J connectivity index is 1.50.